The van der Waals surface area contributed by atoms with Crippen LogP contribution in [0.3, 0.4) is 0 Å². The topological polar surface area (TPSA) is 65.0 Å². The Kier molecular flexibility index (Phi) is 6.50. The zero-order valence-electron chi connectivity index (χ0n) is 17.7. The van der Waals surface area contributed by atoms with Gasteiger partial charge in [0.2, 0.25) is 11.8 Å². The summed E-state index contributed by atoms with van der Waals surface area (Å²) >= 11 is 5.97. The summed E-state index contributed by atoms with van der Waals surface area (Å²) in [4.78, 5) is 26.9. The molecule has 10 heteroatoms. The number of hydrogen-bond donors (Lipinski definition) is 1. The van der Waals surface area contributed by atoms with Gasteiger partial charge in [-0.3, -0.25) is 14.6 Å². The van der Waals surface area contributed by atoms with Crippen molar-refractivity contribution in [2.75, 3.05) is 32.5 Å². The number of hydrogen-bond acceptors (Lipinski definition) is 4. The molecule has 1 aliphatic rings. The lowest BCUT2D eigenvalue weighted by molar-refractivity contribution is -0.137. The number of alkyl halides is 3. The van der Waals surface area contributed by atoms with Crippen LogP contribution >= 0.6 is 11.6 Å². The molecule has 2 amide bonds. The van der Waals surface area contributed by atoms with Gasteiger partial charge in [0.1, 0.15) is 12.0 Å². The predicted molar refractivity (Wildman–Crippen MR) is 116 cm³/mol. The quantitative estimate of drug-likeness (QED) is 0.721. The molecule has 0 saturated heterocycles. The molecule has 2 aromatic carbocycles. The molecule has 0 spiro atoms. The Hall–Kier alpha value is -3.07. The van der Waals surface area contributed by atoms with E-state index < -0.39 is 23.1 Å². The minimum absolute atomic E-state index is 0.169. The molecule has 0 bridgehead atoms. The van der Waals surface area contributed by atoms with Crippen LogP contribution in [0, 0.1) is 5.41 Å². The zero-order chi connectivity index (χ0) is 23.7. The second-order valence-corrected chi connectivity index (χ2v) is 8.37. The van der Waals surface area contributed by atoms with Gasteiger partial charge in [0, 0.05) is 24.8 Å². The average molecular weight is 467 g/mol. The van der Waals surface area contributed by atoms with Crippen molar-refractivity contribution in [1.82, 2.24) is 9.91 Å². The highest BCUT2D eigenvalue weighted by atomic mass is 35.5. The number of nitrogens with one attached hydrogen (secondary N) is 1. The van der Waals surface area contributed by atoms with Gasteiger partial charge in [0.25, 0.3) is 0 Å². The normalized spacial score (nSPS) is 18.3. The Morgan fingerprint density at radius 1 is 1.12 bits per heavy atom. The molecule has 0 aromatic heterocycles. The first-order chi connectivity index (χ1) is 14.9. The maximum Gasteiger partial charge on any atom is 0.416 e. The second-order valence-electron chi connectivity index (χ2n) is 7.93. The number of halogens is 4. The molecule has 6 nitrogen and oxygen atoms in total. The first kappa shape index (κ1) is 23.6. The average Bonchev–Trinajstić information content (AvgIpc) is 3.04. The largest absolute Gasteiger partial charge is 0.416 e. The van der Waals surface area contributed by atoms with E-state index in [2.05, 4.69) is 10.4 Å². The number of rotatable bonds is 5. The van der Waals surface area contributed by atoms with Crippen LogP contribution < -0.4 is 5.32 Å². The molecule has 1 N–H and O–H groups in total. The van der Waals surface area contributed by atoms with Crippen LogP contribution in [-0.4, -0.2) is 54.6 Å². The molecule has 0 saturated carbocycles. The Labute approximate surface area is 188 Å². The van der Waals surface area contributed by atoms with Crippen LogP contribution in [0.4, 0.5) is 18.9 Å². The van der Waals surface area contributed by atoms with Crippen molar-refractivity contribution in [3.8, 4) is 0 Å². The van der Waals surface area contributed by atoms with E-state index in [4.69, 9.17) is 11.6 Å². The fourth-order valence-electron chi connectivity index (χ4n) is 3.57. The maximum atomic E-state index is 13.0. The molecule has 0 aliphatic carbocycles. The van der Waals surface area contributed by atoms with Gasteiger partial charge in [0.15, 0.2) is 0 Å². The summed E-state index contributed by atoms with van der Waals surface area (Å²) in [6, 6.07) is 11.1. The highest BCUT2D eigenvalue weighted by Gasteiger charge is 2.46. The standard InChI is InChI=1S/C22H22ClF3N4O2/c1-21(20(32)29(2)3)13-30(28-19(21)14-4-8-16(23)9-5-14)12-18(31)27-17-10-6-15(7-11-17)22(24,25)26/h4-11H,12-13H2,1-3H3,(H,27,31). The van der Waals surface area contributed by atoms with Crippen LogP contribution in [0.25, 0.3) is 0 Å². The van der Waals surface area contributed by atoms with Crippen LogP contribution in [0.15, 0.2) is 53.6 Å². The number of anilines is 1. The molecule has 0 fully saturated rings. The lowest BCUT2D eigenvalue weighted by Gasteiger charge is -2.28. The third kappa shape index (κ3) is 5.04. The molecule has 1 unspecified atom stereocenters. The van der Waals surface area contributed by atoms with E-state index in [1.54, 1.807) is 45.3 Å². The lowest BCUT2D eigenvalue weighted by atomic mass is 9.81. The number of carbonyl (C=O) groups excluding carboxylic acids is 2. The van der Waals surface area contributed by atoms with Gasteiger partial charge < -0.3 is 10.2 Å². The van der Waals surface area contributed by atoms with Crippen molar-refractivity contribution < 1.29 is 22.8 Å². The fraction of sp³-hybridized carbons (Fsp3) is 0.318. The van der Waals surface area contributed by atoms with Crippen molar-refractivity contribution >= 4 is 34.8 Å². The van der Waals surface area contributed by atoms with E-state index in [1.165, 1.54) is 22.0 Å². The zero-order valence-corrected chi connectivity index (χ0v) is 18.5. The Balaban J connectivity index is 1.78. The number of carbonyl (C=O) groups is 2. The van der Waals surface area contributed by atoms with Crippen LogP contribution in [0.5, 0.6) is 0 Å². The molecular weight excluding hydrogens is 445 g/mol. The van der Waals surface area contributed by atoms with E-state index in [1.807, 2.05) is 0 Å². The summed E-state index contributed by atoms with van der Waals surface area (Å²) in [5.74, 6) is -0.637. The highest BCUT2D eigenvalue weighted by Crippen LogP contribution is 2.33. The van der Waals surface area contributed by atoms with Crippen molar-refractivity contribution in [2.45, 2.75) is 13.1 Å². The van der Waals surface area contributed by atoms with Gasteiger partial charge in [0.05, 0.1) is 17.8 Å². The smallest absolute Gasteiger partial charge is 0.348 e. The monoisotopic (exact) mass is 466 g/mol. The maximum absolute atomic E-state index is 13.0. The second kappa shape index (κ2) is 8.82. The van der Waals surface area contributed by atoms with E-state index in [-0.39, 0.29) is 24.7 Å². The summed E-state index contributed by atoms with van der Waals surface area (Å²) in [5.41, 5.74) is -0.346. The first-order valence-electron chi connectivity index (χ1n) is 9.69. The van der Waals surface area contributed by atoms with Crippen molar-refractivity contribution in [2.24, 2.45) is 10.5 Å². The number of nitrogens with zero attached hydrogens (tertiary/aromatic N) is 3. The molecule has 1 aliphatic heterocycles. The molecule has 0 radical (unpaired) electrons. The summed E-state index contributed by atoms with van der Waals surface area (Å²) in [7, 11) is 3.29. The van der Waals surface area contributed by atoms with Gasteiger partial charge >= 0.3 is 6.18 Å². The van der Waals surface area contributed by atoms with Crippen LogP contribution in [0.1, 0.15) is 18.1 Å². The molecule has 3 rings (SSSR count). The minimum atomic E-state index is -4.45. The number of benzene rings is 2. The minimum Gasteiger partial charge on any atom is -0.348 e. The van der Waals surface area contributed by atoms with Gasteiger partial charge in [-0.05, 0) is 48.9 Å². The third-order valence-electron chi connectivity index (χ3n) is 5.08. The van der Waals surface area contributed by atoms with E-state index in [0.717, 1.165) is 12.1 Å². The Bertz CT molecular complexity index is 1040. The number of hydrazone groups is 1. The van der Waals surface area contributed by atoms with Crippen molar-refractivity contribution in [1.29, 1.82) is 0 Å². The summed E-state index contributed by atoms with van der Waals surface area (Å²) in [5, 5.41) is 9.10. The van der Waals surface area contributed by atoms with E-state index >= 15 is 0 Å². The molecular formula is C22H22ClF3N4O2. The van der Waals surface area contributed by atoms with Crippen molar-refractivity contribution in [3.63, 3.8) is 0 Å². The van der Waals surface area contributed by atoms with E-state index in [0.29, 0.717) is 16.3 Å². The predicted octanol–water partition coefficient (Wildman–Crippen LogP) is 4.11. The summed E-state index contributed by atoms with van der Waals surface area (Å²) in [6.07, 6.45) is -4.45. The van der Waals surface area contributed by atoms with E-state index in [9.17, 15) is 22.8 Å². The third-order valence-corrected chi connectivity index (χ3v) is 5.33. The Morgan fingerprint density at radius 2 is 1.72 bits per heavy atom. The van der Waals surface area contributed by atoms with Gasteiger partial charge in [-0.15, -0.1) is 0 Å². The summed E-state index contributed by atoms with van der Waals surface area (Å²) in [6.45, 7) is 1.76. The van der Waals surface area contributed by atoms with Crippen LogP contribution in [-0.2, 0) is 15.8 Å². The van der Waals surface area contributed by atoms with Gasteiger partial charge in [-0.25, -0.2) is 0 Å². The molecule has 2 aromatic rings. The van der Waals surface area contributed by atoms with Gasteiger partial charge in [-0.1, -0.05) is 23.7 Å². The Morgan fingerprint density at radius 3 is 2.25 bits per heavy atom. The molecule has 32 heavy (non-hydrogen) atoms. The first-order valence-corrected chi connectivity index (χ1v) is 10.1. The van der Waals surface area contributed by atoms with Gasteiger partial charge in [-0.2, -0.15) is 18.3 Å². The van der Waals surface area contributed by atoms with Crippen LogP contribution in [0.2, 0.25) is 5.02 Å². The molecule has 170 valence electrons. The number of amides is 2. The van der Waals surface area contributed by atoms with Crippen molar-refractivity contribution in [3.05, 3.63) is 64.7 Å². The molecule has 1 heterocycles. The summed E-state index contributed by atoms with van der Waals surface area (Å²) < 4.78 is 38.1. The highest BCUT2D eigenvalue weighted by molar-refractivity contribution is 6.30. The SMILES string of the molecule is CN(C)C(=O)C1(C)CN(CC(=O)Nc2ccc(C(F)(F)F)cc2)N=C1c1ccc(Cl)cc1. The molecule has 1 atom stereocenters. The lowest BCUT2D eigenvalue weighted by Crippen LogP contribution is -2.46. The fourth-order valence-corrected chi connectivity index (χ4v) is 3.70.